The van der Waals surface area contributed by atoms with Crippen molar-refractivity contribution in [2.75, 3.05) is 11.9 Å². The second-order valence-electron chi connectivity index (χ2n) is 7.09. The van der Waals surface area contributed by atoms with Crippen LogP contribution in [-0.4, -0.2) is 38.3 Å². The molecule has 1 fully saturated rings. The Bertz CT molecular complexity index is 852. The van der Waals surface area contributed by atoms with Gasteiger partial charge >= 0.3 is 6.55 Å². The van der Waals surface area contributed by atoms with Crippen molar-refractivity contribution in [3.63, 3.8) is 0 Å². The molecule has 0 spiro atoms. The summed E-state index contributed by atoms with van der Waals surface area (Å²) in [6.07, 6.45) is 5.50. The van der Waals surface area contributed by atoms with E-state index in [2.05, 4.69) is 25.7 Å². The van der Waals surface area contributed by atoms with Crippen LogP contribution in [0.2, 0.25) is 0 Å². The van der Waals surface area contributed by atoms with Crippen LogP contribution in [0.25, 0.3) is 0 Å². The van der Waals surface area contributed by atoms with E-state index in [1.807, 2.05) is 0 Å². The fraction of sp³-hybridized carbons (Fsp3) is 0.556. The lowest BCUT2D eigenvalue weighted by atomic mass is 9.86. The van der Waals surface area contributed by atoms with Gasteiger partial charge in [0.25, 0.3) is 5.88 Å². The summed E-state index contributed by atoms with van der Waals surface area (Å²) < 4.78 is 45.5. The molecule has 3 rings (SSSR count). The molecule has 0 bridgehead atoms. The molecule has 158 valence electrons. The first kappa shape index (κ1) is 20.9. The van der Waals surface area contributed by atoms with Gasteiger partial charge in [0, 0.05) is 13.0 Å². The number of amides is 1. The standard InChI is InChI=1S/C18H23F3N6O2/c1-10-15(8-27(26-10)17(20)21)24-18-22-7-14(19)16(25-18)29-9-12-3-5-13(6-4-12)23-11(2)28/h7-8,12-13,17H,3-6,9H2,1-2H3,(H,23,28)(H,22,24,25). The minimum absolute atomic E-state index is 0.0210. The molecule has 0 unspecified atom stereocenters. The molecule has 0 radical (unpaired) electrons. The first-order valence-corrected chi connectivity index (χ1v) is 9.35. The summed E-state index contributed by atoms with van der Waals surface area (Å²) in [7, 11) is 0. The maximum absolute atomic E-state index is 14.0. The zero-order valence-electron chi connectivity index (χ0n) is 16.2. The molecule has 0 saturated heterocycles. The van der Waals surface area contributed by atoms with Crippen LogP contribution in [0.15, 0.2) is 12.4 Å². The van der Waals surface area contributed by atoms with Crippen LogP contribution in [0.3, 0.4) is 0 Å². The lowest BCUT2D eigenvalue weighted by Crippen LogP contribution is -2.37. The van der Waals surface area contributed by atoms with Crippen LogP contribution in [-0.2, 0) is 4.79 Å². The minimum Gasteiger partial charge on any atom is -0.475 e. The van der Waals surface area contributed by atoms with Crippen molar-refractivity contribution in [2.45, 2.75) is 52.1 Å². The van der Waals surface area contributed by atoms with E-state index < -0.39 is 12.4 Å². The fourth-order valence-electron chi connectivity index (χ4n) is 3.30. The third-order valence-corrected chi connectivity index (χ3v) is 4.78. The summed E-state index contributed by atoms with van der Waals surface area (Å²) in [4.78, 5) is 18.9. The normalized spacial score (nSPS) is 19.2. The predicted octanol–water partition coefficient (Wildman–Crippen LogP) is 3.33. The van der Waals surface area contributed by atoms with Crippen molar-refractivity contribution in [3.8, 4) is 5.88 Å². The zero-order chi connectivity index (χ0) is 21.0. The largest absolute Gasteiger partial charge is 0.475 e. The van der Waals surface area contributed by atoms with Gasteiger partial charge < -0.3 is 15.4 Å². The summed E-state index contributed by atoms with van der Waals surface area (Å²) in [5, 5.41) is 9.34. The van der Waals surface area contributed by atoms with Gasteiger partial charge in [0.05, 0.1) is 30.4 Å². The van der Waals surface area contributed by atoms with E-state index in [1.165, 1.54) is 6.92 Å². The third-order valence-electron chi connectivity index (χ3n) is 4.78. The second-order valence-corrected chi connectivity index (χ2v) is 7.09. The van der Waals surface area contributed by atoms with Crippen molar-refractivity contribution in [3.05, 3.63) is 23.9 Å². The molecular formula is C18H23F3N6O2. The van der Waals surface area contributed by atoms with Gasteiger partial charge in [0.1, 0.15) is 0 Å². The lowest BCUT2D eigenvalue weighted by molar-refractivity contribution is -0.119. The highest BCUT2D eigenvalue weighted by molar-refractivity contribution is 5.73. The first-order chi connectivity index (χ1) is 13.8. The average molecular weight is 412 g/mol. The fourth-order valence-corrected chi connectivity index (χ4v) is 3.30. The third kappa shape index (κ3) is 5.58. The van der Waals surface area contributed by atoms with Gasteiger partial charge in [-0.2, -0.15) is 23.3 Å². The van der Waals surface area contributed by atoms with Gasteiger partial charge in [0.2, 0.25) is 17.7 Å². The number of alkyl halides is 2. The number of carbonyl (C=O) groups excluding carboxylic acids is 1. The van der Waals surface area contributed by atoms with E-state index in [1.54, 1.807) is 6.92 Å². The molecule has 1 aliphatic rings. The Morgan fingerprint density at radius 3 is 2.69 bits per heavy atom. The number of nitrogens with one attached hydrogen (secondary N) is 2. The maximum atomic E-state index is 14.0. The summed E-state index contributed by atoms with van der Waals surface area (Å²) in [5.74, 6) is -0.694. The quantitative estimate of drug-likeness (QED) is 0.725. The maximum Gasteiger partial charge on any atom is 0.333 e. The Morgan fingerprint density at radius 1 is 1.34 bits per heavy atom. The van der Waals surface area contributed by atoms with E-state index in [0.717, 1.165) is 38.1 Å². The summed E-state index contributed by atoms with van der Waals surface area (Å²) in [6.45, 7) is 0.582. The van der Waals surface area contributed by atoms with Crippen molar-refractivity contribution in [1.29, 1.82) is 0 Å². The zero-order valence-corrected chi connectivity index (χ0v) is 16.2. The summed E-state index contributed by atoms with van der Waals surface area (Å²) >= 11 is 0. The Kier molecular flexibility index (Phi) is 6.55. The summed E-state index contributed by atoms with van der Waals surface area (Å²) in [5.41, 5.74) is 0.621. The molecule has 2 aromatic heterocycles. The number of halogens is 3. The molecule has 1 amide bonds. The van der Waals surface area contributed by atoms with Gasteiger partial charge in [-0.3, -0.25) is 4.79 Å². The SMILES string of the molecule is CC(=O)NC1CCC(COc2nc(Nc3cn(C(F)F)nc3C)ncc2F)CC1. The molecule has 1 saturated carbocycles. The Hall–Kier alpha value is -2.85. The van der Waals surface area contributed by atoms with Crippen LogP contribution in [0.4, 0.5) is 24.8 Å². The Labute approximate surface area is 165 Å². The molecule has 2 heterocycles. The number of hydrogen-bond donors (Lipinski definition) is 2. The monoisotopic (exact) mass is 412 g/mol. The highest BCUT2D eigenvalue weighted by atomic mass is 19.3. The second kappa shape index (κ2) is 9.10. The van der Waals surface area contributed by atoms with Crippen LogP contribution >= 0.6 is 0 Å². The number of ether oxygens (including phenoxy) is 1. The van der Waals surface area contributed by atoms with Gasteiger partial charge in [-0.1, -0.05) is 0 Å². The molecule has 2 aromatic rings. The van der Waals surface area contributed by atoms with Gasteiger partial charge in [0.15, 0.2) is 0 Å². The molecule has 1 aliphatic carbocycles. The van der Waals surface area contributed by atoms with Gasteiger partial charge in [-0.05, 0) is 38.5 Å². The van der Waals surface area contributed by atoms with E-state index in [-0.39, 0.29) is 29.7 Å². The molecule has 0 aromatic carbocycles. The number of aryl methyl sites for hydroxylation is 1. The van der Waals surface area contributed by atoms with E-state index >= 15 is 0 Å². The molecule has 0 atom stereocenters. The minimum atomic E-state index is -2.77. The molecule has 0 aliphatic heterocycles. The smallest absolute Gasteiger partial charge is 0.333 e. The van der Waals surface area contributed by atoms with Gasteiger partial charge in [-0.25, -0.2) is 9.67 Å². The lowest BCUT2D eigenvalue weighted by Gasteiger charge is -2.28. The van der Waals surface area contributed by atoms with Crippen molar-refractivity contribution in [1.82, 2.24) is 25.1 Å². The topological polar surface area (TPSA) is 94.0 Å². The van der Waals surface area contributed by atoms with Crippen molar-refractivity contribution in [2.24, 2.45) is 5.92 Å². The number of aromatic nitrogens is 4. The molecule has 8 nitrogen and oxygen atoms in total. The van der Waals surface area contributed by atoms with E-state index in [4.69, 9.17) is 4.74 Å². The first-order valence-electron chi connectivity index (χ1n) is 9.35. The highest BCUT2D eigenvalue weighted by Crippen LogP contribution is 2.26. The van der Waals surface area contributed by atoms with Crippen LogP contribution < -0.4 is 15.4 Å². The molecule has 29 heavy (non-hydrogen) atoms. The molecule has 2 N–H and O–H groups in total. The number of carbonyl (C=O) groups is 1. The van der Waals surface area contributed by atoms with Crippen LogP contribution in [0.5, 0.6) is 5.88 Å². The molecular weight excluding hydrogens is 389 g/mol. The van der Waals surface area contributed by atoms with Crippen molar-refractivity contribution >= 4 is 17.5 Å². The molecule has 11 heteroatoms. The van der Waals surface area contributed by atoms with Crippen LogP contribution in [0, 0.1) is 18.7 Å². The Morgan fingerprint density at radius 2 is 2.07 bits per heavy atom. The van der Waals surface area contributed by atoms with E-state index in [0.29, 0.717) is 22.7 Å². The van der Waals surface area contributed by atoms with Gasteiger partial charge in [-0.15, -0.1) is 0 Å². The number of anilines is 2. The number of rotatable bonds is 7. The number of nitrogens with zero attached hydrogens (tertiary/aromatic N) is 4. The predicted molar refractivity (Wildman–Crippen MR) is 98.5 cm³/mol. The van der Waals surface area contributed by atoms with E-state index in [9.17, 15) is 18.0 Å². The Balaban J connectivity index is 1.58. The average Bonchev–Trinajstić information content (AvgIpc) is 3.04. The number of hydrogen-bond acceptors (Lipinski definition) is 6. The van der Waals surface area contributed by atoms with Crippen LogP contribution in [0.1, 0.15) is 44.9 Å². The summed E-state index contributed by atoms with van der Waals surface area (Å²) in [6, 6.07) is 0.174. The van der Waals surface area contributed by atoms with Crippen molar-refractivity contribution < 1.29 is 22.7 Å². The highest BCUT2D eigenvalue weighted by Gasteiger charge is 2.23.